The van der Waals surface area contributed by atoms with Gasteiger partial charge in [-0.2, -0.15) is 0 Å². The van der Waals surface area contributed by atoms with E-state index >= 15 is 0 Å². The van der Waals surface area contributed by atoms with E-state index in [2.05, 4.69) is 15.3 Å². The Morgan fingerprint density at radius 2 is 2.00 bits per heavy atom. The second-order valence-corrected chi connectivity index (χ2v) is 7.17. The molecular weight excluding hydrogens is 348 g/mol. The van der Waals surface area contributed by atoms with Crippen molar-refractivity contribution in [1.82, 2.24) is 20.2 Å². The number of aromatic amines is 1. The Morgan fingerprint density at radius 3 is 2.67 bits per heavy atom. The van der Waals surface area contributed by atoms with Crippen LogP contribution in [0, 0.1) is 0 Å². The molecule has 0 radical (unpaired) electrons. The van der Waals surface area contributed by atoms with Gasteiger partial charge in [0, 0.05) is 31.8 Å². The number of carbonyl (C=O) groups excluding carboxylic acids is 2. The molecule has 27 heavy (non-hydrogen) atoms. The molecule has 1 aliphatic rings. The average molecular weight is 372 g/mol. The molecule has 2 heterocycles. The van der Waals surface area contributed by atoms with Gasteiger partial charge in [-0.15, -0.1) is 0 Å². The number of carboxylic acids is 1. The largest absolute Gasteiger partial charge is 0.481 e. The van der Waals surface area contributed by atoms with Gasteiger partial charge in [0.2, 0.25) is 11.8 Å². The Bertz CT molecular complexity index is 829. The molecule has 1 aromatic heterocycles. The first-order valence-corrected chi connectivity index (χ1v) is 9.07. The molecule has 1 atom stereocenters. The monoisotopic (exact) mass is 372 g/mol. The Labute approximate surface area is 157 Å². The zero-order valence-corrected chi connectivity index (χ0v) is 15.3. The van der Waals surface area contributed by atoms with Crippen molar-refractivity contribution < 1.29 is 19.5 Å². The molecule has 8 nitrogen and oxygen atoms in total. The number of benzene rings is 1. The highest BCUT2D eigenvalue weighted by atomic mass is 16.4. The fraction of sp³-hybridized carbons (Fsp3) is 0.474. The number of rotatable bonds is 8. The van der Waals surface area contributed by atoms with Crippen molar-refractivity contribution in [2.24, 2.45) is 0 Å². The maximum Gasteiger partial charge on any atom is 0.303 e. The molecular formula is C19H24N4O4. The van der Waals surface area contributed by atoms with E-state index in [9.17, 15) is 14.4 Å². The number of H-pyrrole nitrogens is 1. The van der Waals surface area contributed by atoms with Gasteiger partial charge in [0.25, 0.3) is 0 Å². The van der Waals surface area contributed by atoms with Crippen LogP contribution < -0.4 is 5.32 Å². The highest BCUT2D eigenvalue weighted by Crippen LogP contribution is 2.30. The molecule has 0 bridgehead atoms. The summed E-state index contributed by atoms with van der Waals surface area (Å²) in [7, 11) is 1.71. The van der Waals surface area contributed by atoms with Crippen LogP contribution in [0.5, 0.6) is 0 Å². The number of hydrogen-bond donors (Lipinski definition) is 3. The molecule has 1 aliphatic heterocycles. The average Bonchev–Trinajstić information content (AvgIpc) is 3.21. The molecule has 0 saturated carbocycles. The van der Waals surface area contributed by atoms with E-state index in [-0.39, 0.29) is 24.7 Å². The number of carbonyl (C=O) groups is 3. The van der Waals surface area contributed by atoms with Crippen LogP contribution in [0.3, 0.4) is 0 Å². The summed E-state index contributed by atoms with van der Waals surface area (Å²) in [6.45, 7) is 0.363. The van der Waals surface area contributed by atoms with Crippen LogP contribution in [0.2, 0.25) is 0 Å². The number of hydrogen-bond acceptors (Lipinski definition) is 4. The van der Waals surface area contributed by atoms with E-state index in [1.54, 1.807) is 11.9 Å². The first-order chi connectivity index (χ1) is 12.9. The summed E-state index contributed by atoms with van der Waals surface area (Å²) in [4.78, 5) is 44.4. The van der Waals surface area contributed by atoms with Crippen LogP contribution in [0.4, 0.5) is 0 Å². The standard InChI is InChI=1S/C19H24N4O4/c1-23(12-15-20-13-4-2-3-5-14(13)21-15)17(25)7-10-19(11-8-18(26)27)9-6-16(24)22-19/h2-5H,6-12H2,1H3,(H,20,21)(H,22,24)(H,26,27)/t19-/m1/s1. The third-order valence-corrected chi connectivity index (χ3v) is 5.12. The van der Waals surface area contributed by atoms with Gasteiger partial charge >= 0.3 is 5.97 Å². The predicted octanol–water partition coefficient (Wildman–Crippen LogP) is 1.82. The number of amides is 2. The molecule has 2 aromatic rings. The van der Waals surface area contributed by atoms with Crippen molar-refractivity contribution in [3.8, 4) is 0 Å². The molecule has 0 aliphatic carbocycles. The van der Waals surface area contributed by atoms with Crippen molar-refractivity contribution in [2.45, 2.75) is 50.6 Å². The van der Waals surface area contributed by atoms with Crippen molar-refractivity contribution in [3.63, 3.8) is 0 Å². The first kappa shape index (κ1) is 18.9. The lowest BCUT2D eigenvalue weighted by molar-refractivity contribution is -0.137. The van der Waals surface area contributed by atoms with Gasteiger partial charge in [-0.05, 0) is 31.4 Å². The van der Waals surface area contributed by atoms with E-state index in [0.29, 0.717) is 38.1 Å². The van der Waals surface area contributed by atoms with Gasteiger partial charge in [0.1, 0.15) is 5.82 Å². The summed E-state index contributed by atoms with van der Waals surface area (Å²) in [6, 6.07) is 7.68. The summed E-state index contributed by atoms with van der Waals surface area (Å²) in [5.41, 5.74) is 1.19. The first-order valence-electron chi connectivity index (χ1n) is 9.07. The zero-order chi connectivity index (χ0) is 19.4. The fourth-order valence-corrected chi connectivity index (χ4v) is 3.55. The second-order valence-electron chi connectivity index (χ2n) is 7.17. The van der Waals surface area contributed by atoms with Crippen LogP contribution in [0.25, 0.3) is 11.0 Å². The van der Waals surface area contributed by atoms with Gasteiger partial charge < -0.3 is 20.3 Å². The number of aliphatic carboxylic acids is 1. The zero-order valence-electron chi connectivity index (χ0n) is 15.3. The molecule has 0 unspecified atom stereocenters. The van der Waals surface area contributed by atoms with Crippen LogP contribution >= 0.6 is 0 Å². The van der Waals surface area contributed by atoms with E-state index in [4.69, 9.17) is 5.11 Å². The highest BCUT2D eigenvalue weighted by Gasteiger charge is 2.38. The Morgan fingerprint density at radius 1 is 1.26 bits per heavy atom. The summed E-state index contributed by atoms with van der Waals surface area (Å²) in [5, 5.41) is 11.8. The molecule has 144 valence electrons. The van der Waals surface area contributed by atoms with Crippen molar-refractivity contribution in [1.29, 1.82) is 0 Å². The number of nitrogens with zero attached hydrogens (tertiary/aromatic N) is 2. The normalized spacial score (nSPS) is 19.2. The third-order valence-electron chi connectivity index (χ3n) is 5.12. The minimum atomic E-state index is -0.899. The SMILES string of the molecule is CN(Cc1nc2ccccc2[nH]1)C(=O)CC[C@@]1(CCC(=O)O)CCC(=O)N1. The van der Waals surface area contributed by atoms with Crippen LogP contribution in [0.15, 0.2) is 24.3 Å². The molecule has 1 saturated heterocycles. The molecule has 0 spiro atoms. The van der Waals surface area contributed by atoms with Crippen LogP contribution in [-0.2, 0) is 20.9 Å². The number of aromatic nitrogens is 2. The predicted molar refractivity (Wildman–Crippen MR) is 98.8 cm³/mol. The van der Waals surface area contributed by atoms with Crippen molar-refractivity contribution >= 4 is 28.8 Å². The smallest absolute Gasteiger partial charge is 0.303 e. The third kappa shape index (κ3) is 4.64. The highest BCUT2D eigenvalue weighted by molar-refractivity contribution is 5.80. The quantitative estimate of drug-likeness (QED) is 0.654. The summed E-state index contributed by atoms with van der Waals surface area (Å²) in [5.74, 6) is -0.333. The van der Waals surface area contributed by atoms with Gasteiger partial charge in [0.15, 0.2) is 0 Å². The minimum absolute atomic E-state index is 0.0245. The summed E-state index contributed by atoms with van der Waals surface area (Å²) in [6.07, 6.45) is 1.95. The van der Waals surface area contributed by atoms with Gasteiger partial charge in [0.05, 0.1) is 17.6 Å². The number of fused-ring (bicyclic) bond motifs is 1. The lowest BCUT2D eigenvalue weighted by Gasteiger charge is -2.29. The second kappa shape index (κ2) is 7.77. The number of para-hydroxylation sites is 2. The fourth-order valence-electron chi connectivity index (χ4n) is 3.55. The van der Waals surface area contributed by atoms with Gasteiger partial charge in [-0.25, -0.2) is 4.98 Å². The summed E-state index contributed by atoms with van der Waals surface area (Å²) < 4.78 is 0. The van der Waals surface area contributed by atoms with E-state index in [1.807, 2.05) is 24.3 Å². The minimum Gasteiger partial charge on any atom is -0.481 e. The molecule has 1 aromatic carbocycles. The molecule has 8 heteroatoms. The van der Waals surface area contributed by atoms with Crippen molar-refractivity contribution in [2.75, 3.05) is 7.05 Å². The van der Waals surface area contributed by atoms with E-state index in [0.717, 1.165) is 11.0 Å². The van der Waals surface area contributed by atoms with E-state index in [1.165, 1.54) is 0 Å². The summed E-state index contributed by atoms with van der Waals surface area (Å²) >= 11 is 0. The maximum absolute atomic E-state index is 12.5. The topological polar surface area (TPSA) is 115 Å². The number of carboxylic acid groups (broad SMARTS) is 1. The van der Waals surface area contributed by atoms with E-state index < -0.39 is 11.5 Å². The Kier molecular flexibility index (Phi) is 5.43. The molecule has 3 N–H and O–H groups in total. The Balaban J connectivity index is 1.57. The van der Waals surface area contributed by atoms with Crippen LogP contribution in [-0.4, -0.2) is 50.3 Å². The number of nitrogens with one attached hydrogen (secondary N) is 2. The Hall–Kier alpha value is -2.90. The molecule has 1 fully saturated rings. The molecule has 3 rings (SSSR count). The lowest BCUT2D eigenvalue weighted by atomic mass is 9.86. The number of imidazole rings is 1. The van der Waals surface area contributed by atoms with Gasteiger partial charge in [-0.3, -0.25) is 14.4 Å². The van der Waals surface area contributed by atoms with Gasteiger partial charge in [-0.1, -0.05) is 12.1 Å². The maximum atomic E-state index is 12.5. The van der Waals surface area contributed by atoms with Crippen LogP contribution in [0.1, 0.15) is 44.3 Å². The lowest BCUT2D eigenvalue weighted by Crippen LogP contribution is -2.43. The van der Waals surface area contributed by atoms with Crippen molar-refractivity contribution in [3.05, 3.63) is 30.1 Å². The molecule has 2 amide bonds.